The highest BCUT2D eigenvalue weighted by molar-refractivity contribution is 5.96. The van der Waals surface area contributed by atoms with Gasteiger partial charge in [-0.1, -0.05) is 18.2 Å². The lowest BCUT2D eigenvalue weighted by molar-refractivity contribution is -0.138. The molecule has 1 saturated carbocycles. The molecule has 6 aromatic heterocycles. The van der Waals surface area contributed by atoms with E-state index in [1.807, 2.05) is 37.3 Å². The Bertz CT molecular complexity index is 6800. The van der Waals surface area contributed by atoms with Gasteiger partial charge in [0.2, 0.25) is 5.92 Å². The lowest BCUT2D eigenvalue weighted by Crippen LogP contribution is -2.30. The van der Waals surface area contributed by atoms with Crippen LogP contribution in [0.15, 0.2) is 211 Å². The van der Waals surface area contributed by atoms with Gasteiger partial charge in [0.25, 0.3) is 0 Å². The number of rotatable bonds is 13. The Balaban J connectivity index is 0.000000139. The molecule has 1 fully saturated rings. The average molecular weight is 1640 g/mol. The van der Waals surface area contributed by atoms with Crippen LogP contribution in [0.5, 0.6) is 0 Å². The zero-order chi connectivity index (χ0) is 85.7. The van der Waals surface area contributed by atoms with Crippen LogP contribution in [-0.4, -0.2) is 136 Å². The first-order chi connectivity index (χ1) is 55.7. The van der Waals surface area contributed by atoms with Crippen molar-refractivity contribution in [3.05, 3.63) is 295 Å². The SMILES string of the molecule is CCn1c(=O)[nH]c2cc(C(=O)O)ccc21.O=C(O)c1ccc2c(c1)[nH]c(=O)n2-c1ccc(C(F)(F)F)cc1.O=C(O)c1ccc2c(c1)[nH]c(=O)n2-c1ccc(F)c(F)c1.O=C(O)c1ccc2c(c1)[nH]c(=O)n2-c1ccccc1.O=C(O)c1ccc2c(c1)[nH]c(=O)n2C1CCC(F)(F)CC1.O=C(O)c1ccc2c(c1)[nH]c(=O)n2CCC(F)(F)F. The van der Waals surface area contributed by atoms with Crippen molar-refractivity contribution < 1.29 is 103 Å². The maximum atomic E-state index is 13.3. The van der Waals surface area contributed by atoms with Crippen molar-refractivity contribution in [1.29, 1.82) is 0 Å². The van der Waals surface area contributed by atoms with Gasteiger partial charge in [-0.15, -0.1) is 0 Å². The fraction of sp³-hybridized carbons (Fsp3) is 0.154. The highest BCUT2D eigenvalue weighted by Crippen LogP contribution is 2.39. The number of halogens is 10. The summed E-state index contributed by atoms with van der Waals surface area (Å²) in [7, 11) is 0. The fourth-order valence-electron chi connectivity index (χ4n) is 12.8. The molecule has 6 heterocycles. The van der Waals surface area contributed by atoms with E-state index in [1.54, 1.807) is 22.8 Å². The van der Waals surface area contributed by atoms with Gasteiger partial charge in [0, 0.05) is 38.0 Å². The number of fused-ring (bicyclic) bond motifs is 6. The van der Waals surface area contributed by atoms with Crippen LogP contribution in [0.2, 0.25) is 0 Å². The summed E-state index contributed by atoms with van der Waals surface area (Å²) in [6.45, 7) is 1.92. The molecule has 15 aromatic rings. The molecule has 118 heavy (non-hydrogen) atoms. The maximum absolute atomic E-state index is 13.3. The van der Waals surface area contributed by atoms with Crippen molar-refractivity contribution in [3.63, 3.8) is 0 Å². The molecule has 0 spiro atoms. The molecule has 40 heteroatoms. The number of hydrogen-bond donors (Lipinski definition) is 12. The molecular weight excluding hydrogens is 1580 g/mol. The first-order valence-electron chi connectivity index (χ1n) is 34.7. The number of carboxylic acid groups (broad SMARTS) is 6. The van der Waals surface area contributed by atoms with E-state index in [9.17, 15) is 101 Å². The van der Waals surface area contributed by atoms with Gasteiger partial charge in [-0.3, -0.25) is 27.4 Å². The van der Waals surface area contributed by atoms with Crippen LogP contribution in [0.4, 0.5) is 43.9 Å². The average Bonchev–Trinajstić information content (AvgIpc) is 1.65. The molecule has 0 atom stereocenters. The number of aromatic nitrogens is 12. The summed E-state index contributed by atoms with van der Waals surface area (Å²) >= 11 is 0. The molecule has 30 nitrogen and oxygen atoms in total. The Kier molecular flexibility index (Phi) is 24.0. The van der Waals surface area contributed by atoms with E-state index in [0.29, 0.717) is 50.7 Å². The number of alkyl halides is 8. The van der Waals surface area contributed by atoms with E-state index in [0.717, 1.165) is 44.6 Å². The third-order valence-electron chi connectivity index (χ3n) is 18.4. The summed E-state index contributed by atoms with van der Waals surface area (Å²) in [6, 6.07) is 41.5. The number of imidazole rings is 6. The van der Waals surface area contributed by atoms with E-state index in [2.05, 4.69) is 29.9 Å². The quantitative estimate of drug-likeness (QED) is 0.0477. The summed E-state index contributed by atoms with van der Waals surface area (Å²) in [5.74, 6) is -11.3. The lowest BCUT2D eigenvalue weighted by Gasteiger charge is -2.28. The Morgan fingerprint density at radius 2 is 0.703 bits per heavy atom. The number of aryl methyl sites for hydroxylation is 2. The third kappa shape index (κ3) is 18.7. The number of aromatic amines is 6. The van der Waals surface area contributed by atoms with Gasteiger partial charge in [-0.25, -0.2) is 75.1 Å². The van der Waals surface area contributed by atoms with Crippen LogP contribution >= 0.6 is 0 Å². The predicted octanol–water partition coefficient (Wildman–Crippen LogP) is 13.2. The monoisotopic (exact) mass is 1640 g/mol. The van der Waals surface area contributed by atoms with Crippen LogP contribution in [0.1, 0.15) is 113 Å². The van der Waals surface area contributed by atoms with Crippen molar-refractivity contribution >= 4 is 102 Å². The Morgan fingerprint density at radius 3 is 1.08 bits per heavy atom. The van der Waals surface area contributed by atoms with Crippen LogP contribution < -0.4 is 34.1 Å². The second-order valence-corrected chi connectivity index (χ2v) is 26.0. The van der Waals surface area contributed by atoms with Crippen molar-refractivity contribution in [2.24, 2.45) is 0 Å². The first-order valence-corrected chi connectivity index (χ1v) is 34.7. The number of hydrogen-bond acceptors (Lipinski definition) is 12. The number of benzene rings is 9. The van der Waals surface area contributed by atoms with Gasteiger partial charge in [-0.05, 0) is 177 Å². The molecule has 16 rings (SSSR count). The van der Waals surface area contributed by atoms with E-state index in [1.165, 1.54) is 123 Å². The van der Waals surface area contributed by atoms with Crippen molar-refractivity contribution in [1.82, 2.24) is 57.3 Å². The van der Waals surface area contributed by atoms with Gasteiger partial charge in [0.1, 0.15) is 0 Å². The zero-order valence-corrected chi connectivity index (χ0v) is 60.4. The molecule has 9 aromatic carbocycles. The van der Waals surface area contributed by atoms with Crippen molar-refractivity contribution in [2.45, 2.75) is 76.4 Å². The van der Waals surface area contributed by atoms with E-state index < -0.39 is 101 Å². The lowest BCUT2D eigenvalue weighted by atomic mass is 9.92. The van der Waals surface area contributed by atoms with Crippen LogP contribution in [-0.2, 0) is 19.3 Å². The fourth-order valence-corrected chi connectivity index (χ4v) is 12.8. The first kappa shape index (κ1) is 83.6. The van der Waals surface area contributed by atoms with Crippen LogP contribution in [0.3, 0.4) is 0 Å². The van der Waals surface area contributed by atoms with E-state index >= 15 is 0 Å². The Morgan fingerprint density at radius 1 is 0.381 bits per heavy atom. The number of aromatic carboxylic acids is 6. The summed E-state index contributed by atoms with van der Waals surface area (Å²) < 4.78 is 135. The molecule has 0 aliphatic heterocycles. The number of carbonyl (C=O) groups is 6. The molecule has 0 radical (unpaired) electrons. The summed E-state index contributed by atoms with van der Waals surface area (Å²) in [5.41, 5.74) is 3.16. The Hall–Kier alpha value is -15.3. The normalized spacial score (nSPS) is 12.6. The van der Waals surface area contributed by atoms with E-state index in [4.69, 9.17) is 30.6 Å². The molecule has 0 bridgehead atoms. The second-order valence-electron chi connectivity index (χ2n) is 26.0. The third-order valence-corrected chi connectivity index (χ3v) is 18.4. The predicted molar refractivity (Wildman–Crippen MR) is 405 cm³/mol. The number of nitrogens with zero attached hydrogens (tertiary/aromatic N) is 6. The largest absolute Gasteiger partial charge is 0.478 e. The van der Waals surface area contributed by atoms with Crippen molar-refractivity contribution in [2.75, 3.05) is 0 Å². The van der Waals surface area contributed by atoms with Crippen molar-refractivity contribution in [3.8, 4) is 17.1 Å². The minimum absolute atomic E-state index is 0.00156. The molecule has 0 saturated heterocycles. The highest BCUT2D eigenvalue weighted by Gasteiger charge is 2.37. The van der Waals surface area contributed by atoms with Gasteiger partial charge in [0.15, 0.2) is 11.6 Å². The minimum atomic E-state index is -4.46. The molecule has 1 aliphatic carbocycles. The highest BCUT2D eigenvalue weighted by atomic mass is 19.4. The molecule has 0 unspecified atom stereocenters. The van der Waals surface area contributed by atoms with Gasteiger partial charge in [0.05, 0.1) is 129 Å². The molecular formula is C78H60F10N12O18. The minimum Gasteiger partial charge on any atom is -0.478 e. The molecule has 12 N–H and O–H groups in total. The number of nitrogens with one attached hydrogen (secondary N) is 6. The number of carboxylic acids is 6. The molecule has 1 aliphatic rings. The van der Waals surface area contributed by atoms with Gasteiger partial charge < -0.3 is 60.5 Å². The van der Waals surface area contributed by atoms with Gasteiger partial charge >= 0.3 is 82.3 Å². The zero-order valence-electron chi connectivity index (χ0n) is 60.4. The topological polar surface area (TPSA) is 451 Å². The van der Waals surface area contributed by atoms with Crippen LogP contribution in [0.25, 0.3) is 83.3 Å². The summed E-state index contributed by atoms with van der Waals surface area (Å²) in [4.78, 5) is 151. The molecule has 0 amide bonds. The second kappa shape index (κ2) is 33.8. The number of para-hydroxylation sites is 1. The summed E-state index contributed by atoms with van der Waals surface area (Å²) in [5, 5.41) is 53.3. The summed E-state index contributed by atoms with van der Waals surface area (Å²) in [6.07, 6.45) is -9.93. The standard InChI is InChI=1S/C15H9F3N2O3.C14H8F2N2O3.C14H14F2N2O3.C14H10N2O3.C11H9F3N2O3.C10H10N2O3/c16-15(17,18)9-2-4-10(5-3-9)20-12-6-1-8(13(21)22)7-11(12)19-14(20)23;15-9-3-2-8(6-10(9)16)18-12-4-1-7(13(19)20)5-11(12)17-14(18)21;15-14(16)5-3-9(4-6-14)18-11-2-1-8(12(19)20)7-10(11)17-13(18)21;17-13(18)9-6-7-12-11(8-9)15-14(19)16(12)10-4-2-1-3-5-10;12-11(13,14)3-4-16-8-2-1-6(9(17)18)5-7(8)15-10(16)19;1-2-12-8-4-3-6(9(13)14)5-7(8)11-10(12)15/h1-7H,(H,19,23)(H,21,22);1-6H,(H,17,21)(H,19,20);1-2,7,9H,3-6H2,(H,17,21)(H,19,20);1-8H,(H,15,19)(H,17,18);1-2,5H,3-4H2,(H,15,19)(H,17,18);3-5H,2H2,1H3,(H,11,15)(H,13,14). The van der Waals surface area contributed by atoms with E-state index in [-0.39, 0.29) is 110 Å². The molecule has 610 valence electrons. The Labute approximate surface area is 649 Å². The maximum Gasteiger partial charge on any atom is 0.416 e. The van der Waals surface area contributed by atoms with Gasteiger partial charge in [-0.2, -0.15) is 26.3 Å². The van der Waals surface area contributed by atoms with Crippen LogP contribution in [0, 0.1) is 11.6 Å². The number of H-pyrrole nitrogens is 6. The smallest absolute Gasteiger partial charge is 0.416 e.